The summed E-state index contributed by atoms with van der Waals surface area (Å²) in [5.41, 5.74) is 0.590. The maximum absolute atomic E-state index is 12.4. The van der Waals surface area contributed by atoms with Crippen molar-refractivity contribution in [1.82, 2.24) is 0 Å². The third-order valence-electron chi connectivity index (χ3n) is 1.79. The van der Waals surface area contributed by atoms with Crippen molar-refractivity contribution in [1.29, 1.82) is 0 Å². The van der Waals surface area contributed by atoms with Crippen LogP contribution in [0.4, 0.5) is 13.2 Å². The van der Waals surface area contributed by atoms with Gasteiger partial charge >= 0.3 is 6.18 Å². The van der Waals surface area contributed by atoms with Crippen molar-refractivity contribution in [2.45, 2.75) is 16.9 Å². The Hall–Kier alpha value is 0.0700. The number of hydrogen-bond donors (Lipinski definition) is 0. The summed E-state index contributed by atoms with van der Waals surface area (Å²) in [6, 6.07) is 4.09. The first-order valence-corrected chi connectivity index (χ1v) is 5.74. The minimum Gasteiger partial charge on any atom is -0.169 e. The average Bonchev–Trinajstić information content (AvgIpc) is 2.16. The molecule has 84 valence electrons. The lowest BCUT2D eigenvalue weighted by Crippen LogP contribution is -2.15. The molecule has 0 saturated carbocycles. The van der Waals surface area contributed by atoms with Gasteiger partial charge in [-0.2, -0.15) is 13.2 Å². The second-order valence-corrected chi connectivity index (χ2v) is 4.48. The standard InChI is InChI=1S/C9H6BrCl2F3/c10-8(9(13,14)15)5-1-2-7(12)6(3-5)4-11/h1-3,8H,4H2. The fourth-order valence-electron chi connectivity index (χ4n) is 1.04. The van der Waals surface area contributed by atoms with E-state index in [2.05, 4.69) is 15.9 Å². The zero-order valence-corrected chi connectivity index (χ0v) is 10.4. The normalized spacial score (nSPS) is 14.0. The Morgan fingerprint density at radius 2 is 1.93 bits per heavy atom. The summed E-state index contributed by atoms with van der Waals surface area (Å²) in [4.78, 5) is -1.69. The number of benzene rings is 1. The van der Waals surface area contributed by atoms with E-state index in [0.717, 1.165) is 0 Å². The fourth-order valence-corrected chi connectivity index (χ4v) is 1.80. The predicted octanol–water partition coefficient (Wildman–Crippen LogP) is 5.08. The molecule has 0 N–H and O–H groups in total. The Morgan fingerprint density at radius 3 is 2.40 bits per heavy atom. The van der Waals surface area contributed by atoms with E-state index in [9.17, 15) is 13.2 Å². The molecule has 0 nitrogen and oxygen atoms in total. The van der Waals surface area contributed by atoms with Crippen LogP contribution in [0.25, 0.3) is 0 Å². The maximum atomic E-state index is 12.4. The molecule has 0 aliphatic carbocycles. The molecule has 0 fully saturated rings. The number of hydrogen-bond acceptors (Lipinski definition) is 0. The molecule has 0 amide bonds. The van der Waals surface area contributed by atoms with Gasteiger partial charge in [0.1, 0.15) is 4.83 Å². The molecular weight excluding hydrogens is 316 g/mol. The molecule has 1 unspecified atom stereocenters. The Kier molecular flexibility index (Phi) is 4.32. The van der Waals surface area contributed by atoms with Crippen LogP contribution in [0.1, 0.15) is 16.0 Å². The molecule has 0 aliphatic rings. The lowest BCUT2D eigenvalue weighted by Gasteiger charge is -2.15. The number of rotatable bonds is 2. The van der Waals surface area contributed by atoms with Gasteiger partial charge < -0.3 is 0 Å². The first kappa shape index (κ1) is 13.1. The van der Waals surface area contributed by atoms with Gasteiger partial charge in [-0.25, -0.2) is 0 Å². The predicted molar refractivity (Wildman–Crippen MR) is 58.7 cm³/mol. The highest BCUT2D eigenvalue weighted by molar-refractivity contribution is 9.09. The van der Waals surface area contributed by atoms with E-state index < -0.39 is 11.0 Å². The molecule has 1 rings (SSSR count). The lowest BCUT2D eigenvalue weighted by molar-refractivity contribution is -0.128. The Bertz CT molecular complexity index is 352. The third kappa shape index (κ3) is 3.26. The fraction of sp³-hybridized carbons (Fsp3) is 0.333. The van der Waals surface area contributed by atoms with Crippen LogP contribution in [0.5, 0.6) is 0 Å². The largest absolute Gasteiger partial charge is 0.405 e. The summed E-state index contributed by atoms with van der Waals surface area (Å²) < 4.78 is 37.1. The first-order chi connectivity index (χ1) is 6.86. The third-order valence-corrected chi connectivity index (χ3v) is 3.50. The second kappa shape index (κ2) is 4.93. The molecule has 15 heavy (non-hydrogen) atoms. The molecule has 0 radical (unpaired) electrons. The van der Waals surface area contributed by atoms with Gasteiger partial charge in [-0.3, -0.25) is 0 Å². The Morgan fingerprint density at radius 1 is 1.33 bits per heavy atom. The van der Waals surface area contributed by atoms with Gasteiger partial charge in [0, 0.05) is 10.9 Å². The lowest BCUT2D eigenvalue weighted by atomic mass is 10.1. The highest BCUT2D eigenvalue weighted by Crippen LogP contribution is 2.40. The van der Waals surface area contributed by atoms with E-state index in [1.807, 2.05) is 0 Å². The van der Waals surface area contributed by atoms with Gasteiger partial charge in [0.25, 0.3) is 0 Å². The summed E-state index contributed by atoms with van der Waals surface area (Å²) in [6.07, 6.45) is -4.32. The quantitative estimate of drug-likeness (QED) is 0.666. The van der Waals surface area contributed by atoms with Gasteiger partial charge in [-0.05, 0) is 17.2 Å². The van der Waals surface area contributed by atoms with Crippen molar-refractivity contribution in [2.24, 2.45) is 0 Å². The molecule has 1 aromatic carbocycles. The highest BCUT2D eigenvalue weighted by atomic mass is 79.9. The van der Waals surface area contributed by atoms with E-state index >= 15 is 0 Å². The Labute approximate surface area is 103 Å². The van der Waals surface area contributed by atoms with E-state index in [1.165, 1.54) is 18.2 Å². The van der Waals surface area contributed by atoms with Crippen molar-refractivity contribution in [3.05, 3.63) is 34.3 Å². The summed E-state index contributed by atoms with van der Waals surface area (Å²) in [5.74, 6) is 0.0876. The van der Waals surface area contributed by atoms with Crippen molar-refractivity contribution < 1.29 is 13.2 Å². The van der Waals surface area contributed by atoms with Gasteiger partial charge in [0.15, 0.2) is 0 Å². The van der Waals surface area contributed by atoms with Gasteiger partial charge in [0.05, 0.1) is 0 Å². The average molecular weight is 322 g/mol. The highest BCUT2D eigenvalue weighted by Gasteiger charge is 2.38. The topological polar surface area (TPSA) is 0 Å². The molecule has 6 heteroatoms. The molecule has 1 atom stereocenters. The minimum absolute atomic E-state index is 0.0876. The summed E-state index contributed by atoms with van der Waals surface area (Å²) in [7, 11) is 0. The molecule has 0 spiro atoms. The zero-order chi connectivity index (χ0) is 11.6. The molecule has 1 aromatic rings. The van der Waals surface area contributed by atoms with Crippen LogP contribution < -0.4 is 0 Å². The molecule has 0 heterocycles. The van der Waals surface area contributed by atoms with Crippen LogP contribution in [0.2, 0.25) is 5.02 Å². The summed E-state index contributed by atoms with van der Waals surface area (Å²) >= 11 is 13.9. The van der Waals surface area contributed by atoms with Crippen molar-refractivity contribution in [3.63, 3.8) is 0 Å². The van der Waals surface area contributed by atoms with Crippen LogP contribution in [0, 0.1) is 0 Å². The molecule has 0 saturated heterocycles. The minimum atomic E-state index is -4.32. The molecule has 0 aromatic heterocycles. The van der Waals surface area contributed by atoms with Gasteiger partial charge in [0.2, 0.25) is 0 Å². The summed E-state index contributed by atoms with van der Waals surface area (Å²) in [5, 5.41) is 0.371. The van der Waals surface area contributed by atoms with E-state index in [4.69, 9.17) is 23.2 Å². The molecule has 0 bridgehead atoms. The Balaban J connectivity index is 3.06. The van der Waals surface area contributed by atoms with Gasteiger partial charge in [-0.1, -0.05) is 39.7 Å². The molecule has 0 aliphatic heterocycles. The maximum Gasteiger partial charge on any atom is 0.405 e. The monoisotopic (exact) mass is 320 g/mol. The van der Waals surface area contributed by atoms with Gasteiger partial charge in [-0.15, -0.1) is 11.6 Å². The van der Waals surface area contributed by atoms with E-state index in [-0.39, 0.29) is 11.4 Å². The SMILES string of the molecule is FC(F)(F)C(Br)c1ccc(Cl)c(CCl)c1. The van der Waals surface area contributed by atoms with Crippen LogP contribution in [-0.2, 0) is 5.88 Å². The van der Waals surface area contributed by atoms with Crippen LogP contribution in [-0.4, -0.2) is 6.18 Å². The van der Waals surface area contributed by atoms with Crippen LogP contribution in [0.15, 0.2) is 18.2 Å². The number of halogens is 6. The van der Waals surface area contributed by atoms with E-state index in [0.29, 0.717) is 10.6 Å². The van der Waals surface area contributed by atoms with Crippen LogP contribution >= 0.6 is 39.1 Å². The first-order valence-electron chi connectivity index (χ1n) is 3.91. The zero-order valence-electron chi connectivity index (χ0n) is 7.28. The van der Waals surface area contributed by atoms with Crippen LogP contribution in [0.3, 0.4) is 0 Å². The van der Waals surface area contributed by atoms with E-state index in [1.54, 1.807) is 0 Å². The second-order valence-electron chi connectivity index (χ2n) is 2.89. The smallest absolute Gasteiger partial charge is 0.169 e. The van der Waals surface area contributed by atoms with Crippen molar-refractivity contribution in [2.75, 3.05) is 0 Å². The van der Waals surface area contributed by atoms with Crippen molar-refractivity contribution >= 4 is 39.1 Å². The number of alkyl halides is 5. The molecular formula is C9H6BrCl2F3. The summed E-state index contributed by atoms with van der Waals surface area (Å²) in [6.45, 7) is 0. The van der Waals surface area contributed by atoms with Crippen molar-refractivity contribution in [3.8, 4) is 0 Å².